The maximum atomic E-state index is 12.1. The van der Waals surface area contributed by atoms with Gasteiger partial charge in [0.25, 0.3) is 5.91 Å². The van der Waals surface area contributed by atoms with Crippen LogP contribution < -0.4 is 15.8 Å². The molecule has 1 saturated carbocycles. The van der Waals surface area contributed by atoms with Crippen molar-refractivity contribution >= 4 is 5.91 Å². The first-order valence-electron chi connectivity index (χ1n) is 6.15. The summed E-state index contributed by atoms with van der Waals surface area (Å²) in [4.78, 5) is 11.8. The lowest BCUT2D eigenvalue weighted by molar-refractivity contribution is -0.0498. The summed E-state index contributed by atoms with van der Waals surface area (Å²) in [5, 5.41) is 2.69. The fraction of sp³-hybridized carbons (Fsp3) is 0.462. The number of ether oxygens (including phenoxy) is 1. The smallest absolute Gasteiger partial charge is 0.387 e. The minimum atomic E-state index is -2.90. The van der Waals surface area contributed by atoms with E-state index in [2.05, 4.69) is 10.1 Å². The highest BCUT2D eigenvalue weighted by Gasteiger charge is 2.28. The van der Waals surface area contributed by atoms with Gasteiger partial charge in [-0.2, -0.15) is 8.78 Å². The average Bonchev–Trinajstić information content (AvgIpc) is 3.19. The lowest BCUT2D eigenvalue weighted by Gasteiger charge is -2.12. The number of hydrogen-bond donors (Lipinski definition) is 2. The van der Waals surface area contributed by atoms with Crippen molar-refractivity contribution in [3.63, 3.8) is 0 Å². The molecule has 0 spiro atoms. The van der Waals surface area contributed by atoms with Gasteiger partial charge in [-0.25, -0.2) is 0 Å². The van der Waals surface area contributed by atoms with Crippen LogP contribution in [0.1, 0.15) is 23.2 Å². The van der Waals surface area contributed by atoms with Gasteiger partial charge < -0.3 is 15.8 Å². The molecule has 1 aromatic carbocycles. The molecule has 0 aliphatic heterocycles. The molecular formula is C13H16F2N2O2. The second-order valence-electron chi connectivity index (χ2n) is 4.62. The van der Waals surface area contributed by atoms with Crippen LogP contribution in [0.15, 0.2) is 24.3 Å². The molecule has 0 aromatic heterocycles. The SMILES string of the molecule is NC(CNC(=O)c1cccc(OC(F)F)c1)C1CC1. The minimum Gasteiger partial charge on any atom is -0.435 e. The van der Waals surface area contributed by atoms with Gasteiger partial charge >= 0.3 is 6.61 Å². The number of alkyl halides is 2. The predicted octanol–water partition coefficient (Wildman–Crippen LogP) is 1.76. The van der Waals surface area contributed by atoms with Crippen LogP contribution in [0.25, 0.3) is 0 Å². The van der Waals surface area contributed by atoms with Crippen molar-refractivity contribution in [2.45, 2.75) is 25.5 Å². The highest BCUT2D eigenvalue weighted by atomic mass is 19.3. The lowest BCUT2D eigenvalue weighted by Crippen LogP contribution is -2.38. The molecule has 1 aromatic rings. The Balaban J connectivity index is 1.90. The summed E-state index contributed by atoms with van der Waals surface area (Å²) in [6.07, 6.45) is 2.21. The van der Waals surface area contributed by atoms with Crippen molar-refractivity contribution < 1.29 is 18.3 Å². The predicted molar refractivity (Wildman–Crippen MR) is 66.1 cm³/mol. The fourth-order valence-corrected chi connectivity index (χ4v) is 1.82. The molecule has 2 rings (SSSR count). The van der Waals surface area contributed by atoms with E-state index in [1.165, 1.54) is 24.3 Å². The molecule has 1 aliphatic carbocycles. The first-order valence-corrected chi connectivity index (χ1v) is 6.15. The van der Waals surface area contributed by atoms with Crippen molar-refractivity contribution in [1.29, 1.82) is 0 Å². The maximum Gasteiger partial charge on any atom is 0.387 e. The molecule has 1 fully saturated rings. The number of carbonyl (C=O) groups excluding carboxylic acids is 1. The van der Waals surface area contributed by atoms with Crippen molar-refractivity contribution in [3.05, 3.63) is 29.8 Å². The number of amides is 1. The lowest BCUT2D eigenvalue weighted by atomic mass is 10.1. The summed E-state index contributed by atoms with van der Waals surface area (Å²) in [7, 11) is 0. The van der Waals surface area contributed by atoms with Gasteiger partial charge in [0.2, 0.25) is 0 Å². The van der Waals surface area contributed by atoms with Gasteiger partial charge in [0.15, 0.2) is 0 Å². The molecule has 4 nitrogen and oxygen atoms in total. The van der Waals surface area contributed by atoms with E-state index in [1.54, 1.807) is 0 Å². The van der Waals surface area contributed by atoms with Crippen molar-refractivity contribution in [2.75, 3.05) is 6.54 Å². The van der Waals surface area contributed by atoms with Crippen molar-refractivity contribution in [3.8, 4) is 5.75 Å². The maximum absolute atomic E-state index is 12.1. The molecule has 104 valence electrons. The monoisotopic (exact) mass is 270 g/mol. The van der Waals surface area contributed by atoms with Crippen molar-refractivity contribution in [1.82, 2.24) is 5.32 Å². The second kappa shape index (κ2) is 5.97. The molecule has 1 unspecified atom stereocenters. The number of benzene rings is 1. The number of halogens is 2. The van der Waals surface area contributed by atoms with E-state index < -0.39 is 6.61 Å². The summed E-state index contributed by atoms with van der Waals surface area (Å²) >= 11 is 0. The Labute approximate surface area is 109 Å². The average molecular weight is 270 g/mol. The normalized spacial score (nSPS) is 16.2. The summed E-state index contributed by atoms with van der Waals surface area (Å²) in [5.41, 5.74) is 6.14. The van der Waals surface area contributed by atoms with Gasteiger partial charge in [0.1, 0.15) is 5.75 Å². The standard InChI is InChI=1S/C13H16F2N2O2/c14-13(15)19-10-3-1-2-9(6-10)12(18)17-7-11(16)8-4-5-8/h1-3,6,8,11,13H,4-5,7,16H2,(H,17,18). The van der Waals surface area contributed by atoms with Crippen LogP contribution in [0.4, 0.5) is 8.78 Å². The van der Waals surface area contributed by atoms with Gasteiger partial charge in [-0.15, -0.1) is 0 Å². The van der Waals surface area contributed by atoms with Crippen LogP contribution in [0.2, 0.25) is 0 Å². The van der Waals surface area contributed by atoms with E-state index in [9.17, 15) is 13.6 Å². The number of nitrogens with two attached hydrogens (primary N) is 1. The Hall–Kier alpha value is -1.69. The topological polar surface area (TPSA) is 64.3 Å². The van der Waals surface area contributed by atoms with E-state index in [0.29, 0.717) is 12.5 Å². The molecule has 0 bridgehead atoms. The van der Waals surface area contributed by atoms with Crippen LogP contribution in [0.5, 0.6) is 5.75 Å². The Kier molecular flexibility index (Phi) is 4.31. The third-order valence-corrected chi connectivity index (χ3v) is 3.05. The first-order chi connectivity index (χ1) is 9.06. The molecule has 1 atom stereocenters. The van der Waals surface area contributed by atoms with E-state index in [-0.39, 0.29) is 23.3 Å². The number of carbonyl (C=O) groups is 1. The molecule has 1 aliphatic rings. The highest BCUT2D eigenvalue weighted by Crippen LogP contribution is 2.31. The van der Waals surface area contributed by atoms with E-state index in [4.69, 9.17) is 5.73 Å². The van der Waals surface area contributed by atoms with Crippen LogP contribution in [-0.2, 0) is 0 Å². The molecular weight excluding hydrogens is 254 g/mol. The summed E-state index contributed by atoms with van der Waals surface area (Å²) in [6, 6.07) is 5.65. The molecule has 3 N–H and O–H groups in total. The first kappa shape index (κ1) is 13.7. The van der Waals surface area contributed by atoms with E-state index >= 15 is 0 Å². The van der Waals surface area contributed by atoms with E-state index in [1.807, 2.05) is 0 Å². The molecule has 0 saturated heterocycles. The molecule has 0 heterocycles. The molecule has 0 radical (unpaired) electrons. The quantitative estimate of drug-likeness (QED) is 0.827. The third kappa shape index (κ3) is 4.17. The van der Waals surface area contributed by atoms with Crippen LogP contribution >= 0.6 is 0 Å². The molecule has 1 amide bonds. The number of rotatable bonds is 6. The zero-order valence-corrected chi connectivity index (χ0v) is 10.3. The Bertz CT molecular complexity index is 450. The van der Waals surface area contributed by atoms with E-state index in [0.717, 1.165) is 12.8 Å². The van der Waals surface area contributed by atoms with Gasteiger partial charge in [0.05, 0.1) is 0 Å². The number of nitrogens with one attached hydrogen (secondary N) is 1. The van der Waals surface area contributed by atoms with Crippen LogP contribution in [-0.4, -0.2) is 25.1 Å². The van der Waals surface area contributed by atoms with Gasteiger partial charge in [-0.05, 0) is 37.0 Å². The largest absolute Gasteiger partial charge is 0.435 e. The van der Waals surface area contributed by atoms with Gasteiger partial charge in [-0.3, -0.25) is 4.79 Å². The minimum absolute atomic E-state index is 0.0332. The molecule has 6 heteroatoms. The van der Waals surface area contributed by atoms with Gasteiger partial charge in [0, 0.05) is 18.2 Å². The second-order valence-corrected chi connectivity index (χ2v) is 4.62. The third-order valence-electron chi connectivity index (χ3n) is 3.05. The van der Waals surface area contributed by atoms with Gasteiger partial charge in [-0.1, -0.05) is 6.07 Å². The summed E-state index contributed by atoms with van der Waals surface area (Å²) in [6.45, 7) is -2.51. The fourth-order valence-electron chi connectivity index (χ4n) is 1.82. The Morgan fingerprint density at radius 3 is 2.84 bits per heavy atom. The van der Waals surface area contributed by atoms with Crippen LogP contribution in [0, 0.1) is 5.92 Å². The Morgan fingerprint density at radius 1 is 1.47 bits per heavy atom. The highest BCUT2D eigenvalue weighted by molar-refractivity contribution is 5.94. The zero-order chi connectivity index (χ0) is 13.8. The van der Waals surface area contributed by atoms with Crippen LogP contribution in [0.3, 0.4) is 0 Å². The zero-order valence-electron chi connectivity index (χ0n) is 10.3. The Morgan fingerprint density at radius 2 is 2.21 bits per heavy atom. The summed E-state index contributed by atoms with van der Waals surface area (Å²) < 4.78 is 28.4. The molecule has 19 heavy (non-hydrogen) atoms. The van der Waals surface area contributed by atoms with Crippen molar-refractivity contribution in [2.24, 2.45) is 11.7 Å². The number of hydrogen-bond acceptors (Lipinski definition) is 3. The summed E-state index contributed by atoms with van der Waals surface area (Å²) in [5.74, 6) is 0.124.